The number of likely N-dealkylation sites (N-methyl/N-ethyl adjacent to an activating group) is 1. The lowest BCUT2D eigenvalue weighted by Gasteiger charge is -2.34. The monoisotopic (exact) mass is 200 g/mol. The van der Waals surface area contributed by atoms with E-state index in [1.165, 1.54) is 25.7 Å². The van der Waals surface area contributed by atoms with Crippen molar-refractivity contribution in [3.8, 4) is 0 Å². The Balaban J connectivity index is 4.13. The van der Waals surface area contributed by atoms with Crippen molar-refractivity contribution >= 4 is 0 Å². The van der Waals surface area contributed by atoms with Crippen molar-refractivity contribution in [3.05, 3.63) is 0 Å². The van der Waals surface area contributed by atoms with Crippen LogP contribution in [0, 0.1) is 0 Å². The topological polar surface area (TPSA) is 29.3 Å². The summed E-state index contributed by atoms with van der Waals surface area (Å²) >= 11 is 0. The largest absolute Gasteiger partial charge is 0.329 e. The van der Waals surface area contributed by atoms with Gasteiger partial charge in [-0.15, -0.1) is 0 Å². The van der Waals surface area contributed by atoms with Gasteiger partial charge in [0, 0.05) is 18.6 Å². The third-order valence-electron chi connectivity index (χ3n) is 3.15. The molecule has 14 heavy (non-hydrogen) atoms. The Morgan fingerprint density at radius 3 is 2.21 bits per heavy atom. The molecule has 0 spiro atoms. The normalized spacial score (nSPS) is 15.9. The number of hydrogen-bond donors (Lipinski definition) is 1. The van der Waals surface area contributed by atoms with E-state index in [4.69, 9.17) is 5.73 Å². The molecule has 0 aromatic rings. The minimum absolute atomic E-state index is 0.592. The molecule has 0 amide bonds. The Morgan fingerprint density at radius 2 is 1.86 bits per heavy atom. The summed E-state index contributed by atoms with van der Waals surface area (Å²) in [6.07, 6.45) is 5.05. The van der Waals surface area contributed by atoms with Gasteiger partial charge in [0.2, 0.25) is 0 Å². The SMILES string of the molecule is CCCCC(CN)N(CC)C(C)CC. The molecule has 0 rings (SSSR count). The van der Waals surface area contributed by atoms with E-state index in [1.807, 2.05) is 0 Å². The van der Waals surface area contributed by atoms with Gasteiger partial charge in [-0.3, -0.25) is 4.90 Å². The summed E-state index contributed by atoms with van der Waals surface area (Å²) in [7, 11) is 0. The summed E-state index contributed by atoms with van der Waals surface area (Å²) in [5, 5.41) is 0. The Labute approximate surface area is 89.9 Å². The number of hydrogen-bond acceptors (Lipinski definition) is 2. The maximum atomic E-state index is 5.84. The molecule has 2 heteroatoms. The van der Waals surface area contributed by atoms with Crippen LogP contribution in [0.25, 0.3) is 0 Å². The van der Waals surface area contributed by atoms with Crippen LogP contribution < -0.4 is 5.73 Å². The van der Waals surface area contributed by atoms with Crippen LogP contribution >= 0.6 is 0 Å². The van der Waals surface area contributed by atoms with Crippen LogP contribution in [0.4, 0.5) is 0 Å². The van der Waals surface area contributed by atoms with Crippen molar-refractivity contribution in [1.29, 1.82) is 0 Å². The van der Waals surface area contributed by atoms with Crippen molar-refractivity contribution in [2.45, 2.75) is 65.5 Å². The molecule has 0 fully saturated rings. The van der Waals surface area contributed by atoms with Crippen molar-refractivity contribution in [1.82, 2.24) is 4.90 Å². The van der Waals surface area contributed by atoms with Gasteiger partial charge in [0.15, 0.2) is 0 Å². The highest BCUT2D eigenvalue weighted by atomic mass is 15.2. The number of rotatable bonds is 8. The Hall–Kier alpha value is -0.0800. The molecule has 86 valence electrons. The molecule has 0 aliphatic heterocycles. The second-order valence-electron chi connectivity index (χ2n) is 4.12. The standard InChI is InChI=1S/C12H28N2/c1-5-8-9-12(10-13)14(7-3)11(4)6-2/h11-12H,5-10,13H2,1-4H3. The highest BCUT2D eigenvalue weighted by molar-refractivity contribution is 4.75. The molecule has 2 N–H and O–H groups in total. The number of unbranched alkanes of at least 4 members (excludes halogenated alkanes) is 1. The second kappa shape index (κ2) is 8.25. The summed E-state index contributed by atoms with van der Waals surface area (Å²) in [4.78, 5) is 2.55. The quantitative estimate of drug-likeness (QED) is 0.652. The summed E-state index contributed by atoms with van der Waals surface area (Å²) in [5.74, 6) is 0. The van der Waals surface area contributed by atoms with E-state index in [2.05, 4.69) is 32.6 Å². The average Bonchev–Trinajstić information content (AvgIpc) is 2.23. The first-order chi connectivity index (χ1) is 6.71. The van der Waals surface area contributed by atoms with Crippen LogP contribution in [0.3, 0.4) is 0 Å². The zero-order valence-corrected chi connectivity index (χ0v) is 10.4. The molecule has 0 bridgehead atoms. The van der Waals surface area contributed by atoms with Crippen LogP contribution in [0.5, 0.6) is 0 Å². The molecule has 0 aliphatic carbocycles. The predicted molar refractivity (Wildman–Crippen MR) is 64.5 cm³/mol. The van der Waals surface area contributed by atoms with E-state index in [0.29, 0.717) is 12.1 Å². The van der Waals surface area contributed by atoms with E-state index >= 15 is 0 Å². The lowest BCUT2D eigenvalue weighted by molar-refractivity contribution is 0.142. The van der Waals surface area contributed by atoms with Crippen LogP contribution in [-0.4, -0.2) is 30.1 Å². The van der Waals surface area contributed by atoms with Crippen molar-refractivity contribution in [3.63, 3.8) is 0 Å². The van der Waals surface area contributed by atoms with Crippen LogP contribution in [0.2, 0.25) is 0 Å². The fraction of sp³-hybridized carbons (Fsp3) is 1.00. The molecule has 0 heterocycles. The molecule has 0 saturated heterocycles. The number of nitrogens with two attached hydrogens (primary N) is 1. The summed E-state index contributed by atoms with van der Waals surface area (Å²) < 4.78 is 0. The molecule has 0 aliphatic rings. The fourth-order valence-corrected chi connectivity index (χ4v) is 2.02. The molecule has 0 saturated carbocycles. The van der Waals surface area contributed by atoms with E-state index in [-0.39, 0.29) is 0 Å². The van der Waals surface area contributed by atoms with Gasteiger partial charge in [-0.05, 0) is 26.3 Å². The third kappa shape index (κ3) is 4.43. The summed E-state index contributed by atoms with van der Waals surface area (Å²) in [6.45, 7) is 11.0. The zero-order valence-electron chi connectivity index (χ0n) is 10.4. The van der Waals surface area contributed by atoms with Gasteiger partial charge in [-0.2, -0.15) is 0 Å². The minimum atomic E-state index is 0.592. The van der Waals surface area contributed by atoms with Crippen LogP contribution in [0.1, 0.15) is 53.4 Å². The highest BCUT2D eigenvalue weighted by Gasteiger charge is 2.18. The molecular weight excluding hydrogens is 172 g/mol. The Bertz CT molecular complexity index is 125. The van der Waals surface area contributed by atoms with Gasteiger partial charge in [0.25, 0.3) is 0 Å². The van der Waals surface area contributed by atoms with Crippen molar-refractivity contribution in [2.75, 3.05) is 13.1 Å². The van der Waals surface area contributed by atoms with Crippen molar-refractivity contribution < 1.29 is 0 Å². The molecule has 2 unspecified atom stereocenters. The summed E-state index contributed by atoms with van der Waals surface area (Å²) in [6, 6.07) is 1.26. The molecule has 2 atom stereocenters. The van der Waals surface area contributed by atoms with Gasteiger partial charge in [-0.1, -0.05) is 33.6 Å². The third-order valence-corrected chi connectivity index (χ3v) is 3.15. The van der Waals surface area contributed by atoms with Gasteiger partial charge >= 0.3 is 0 Å². The molecule has 0 aromatic heterocycles. The van der Waals surface area contributed by atoms with E-state index < -0.39 is 0 Å². The minimum Gasteiger partial charge on any atom is -0.329 e. The van der Waals surface area contributed by atoms with Gasteiger partial charge in [0.1, 0.15) is 0 Å². The average molecular weight is 200 g/mol. The Morgan fingerprint density at radius 1 is 1.21 bits per heavy atom. The smallest absolute Gasteiger partial charge is 0.0221 e. The molecule has 0 aromatic carbocycles. The fourth-order valence-electron chi connectivity index (χ4n) is 2.02. The van der Waals surface area contributed by atoms with Gasteiger partial charge in [0.05, 0.1) is 0 Å². The van der Waals surface area contributed by atoms with Crippen LogP contribution in [0.15, 0.2) is 0 Å². The maximum absolute atomic E-state index is 5.84. The van der Waals surface area contributed by atoms with Crippen molar-refractivity contribution in [2.24, 2.45) is 5.73 Å². The van der Waals surface area contributed by atoms with E-state index in [1.54, 1.807) is 0 Å². The predicted octanol–water partition coefficient (Wildman–Crippen LogP) is 2.62. The zero-order chi connectivity index (χ0) is 11.0. The first-order valence-corrected chi connectivity index (χ1v) is 6.16. The van der Waals surface area contributed by atoms with E-state index in [0.717, 1.165) is 13.1 Å². The molecule has 2 nitrogen and oxygen atoms in total. The first kappa shape index (κ1) is 13.9. The van der Waals surface area contributed by atoms with E-state index in [9.17, 15) is 0 Å². The highest BCUT2D eigenvalue weighted by Crippen LogP contribution is 2.13. The number of nitrogens with zero attached hydrogens (tertiary/aromatic N) is 1. The maximum Gasteiger partial charge on any atom is 0.0221 e. The lowest BCUT2D eigenvalue weighted by Crippen LogP contribution is -2.45. The second-order valence-corrected chi connectivity index (χ2v) is 4.12. The molecule has 0 radical (unpaired) electrons. The first-order valence-electron chi connectivity index (χ1n) is 6.16. The summed E-state index contributed by atoms with van der Waals surface area (Å²) in [5.41, 5.74) is 5.84. The van der Waals surface area contributed by atoms with Gasteiger partial charge in [-0.25, -0.2) is 0 Å². The van der Waals surface area contributed by atoms with Crippen LogP contribution in [-0.2, 0) is 0 Å². The lowest BCUT2D eigenvalue weighted by atomic mass is 10.1. The molecular formula is C12H28N2. The Kier molecular flexibility index (Phi) is 8.20. The van der Waals surface area contributed by atoms with Gasteiger partial charge < -0.3 is 5.73 Å².